The average Bonchev–Trinajstić information content (AvgIpc) is 2.79. The zero-order valence-corrected chi connectivity index (χ0v) is 19.3. The molecule has 0 spiro atoms. The summed E-state index contributed by atoms with van der Waals surface area (Å²) in [6.07, 6.45) is 2.85. The lowest BCUT2D eigenvalue weighted by molar-refractivity contribution is -0.113. The minimum absolute atomic E-state index is 0.150. The number of carbonyl (C=O) groups excluding carboxylic acids is 1. The van der Waals surface area contributed by atoms with Crippen molar-refractivity contribution in [1.82, 2.24) is 9.29 Å². The Morgan fingerprint density at radius 1 is 1.09 bits per heavy atom. The van der Waals surface area contributed by atoms with Crippen LogP contribution in [0, 0.1) is 12.7 Å². The molecule has 1 amide bonds. The predicted molar refractivity (Wildman–Crippen MR) is 125 cm³/mol. The van der Waals surface area contributed by atoms with E-state index >= 15 is 0 Å². The molecule has 2 heterocycles. The fourth-order valence-corrected chi connectivity index (χ4v) is 6.02. The number of anilines is 1. The molecule has 9 heteroatoms. The molecular weight excluding hydrogens is 449 g/mol. The summed E-state index contributed by atoms with van der Waals surface area (Å²) < 4.78 is 40.5. The first-order valence-corrected chi connectivity index (χ1v) is 12.9. The second-order valence-electron chi connectivity index (χ2n) is 7.76. The molecule has 1 N–H and O–H groups in total. The van der Waals surface area contributed by atoms with Gasteiger partial charge in [0, 0.05) is 24.2 Å². The first-order valence-electron chi connectivity index (χ1n) is 10.4. The van der Waals surface area contributed by atoms with Gasteiger partial charge in [-0.2, -0.15) is 4.31 Å². The third-order valence-electron chi connectivity index (χ3n) is 5.40. The van der Waals surface area contributed by atoms with Gasteiger partial charge in [-0.15, -0.1) is 0 Å². The summed E-state index contributed by atoms with van der Waals surface area (Å²) in [6.45, 7) is 3.03. The van der Waals surface area contributed by atoms with Crippen LogP contribution >= 0.6 is 11.8 Å². The second-order valence-corrected chi connectivity index (χ2v) is 10.7. The van der Waals surface area contributed by atoms with Crippen LogP contribution in [0.3, 0.4) is 0 Å². The van der Waals surface area contributed by atoms with Gasteiger partial charge in [0.25, 0.3) is 0 Å². The van der Waals surface area contributed by atoms with Crippen LogP contribution in [0.15, 0.2) is 58.5 Å². The molecule has 1 saturated heterocycles. The summed E-state index contributed by atoms with van der Waals surface area (Å²) in [7, 11) is -3.51. The number of benzene rings is 2. The molecule has 4 rings (SSSR count). The van der Waals surface area contributed by atoms with E-state index in [0.717, 1.165) is 30.2 Å². The average molecular weight is 474 g/mol. The molecule has 1 fully saturated rings. The minimum atomic E-state index is -3.51. The number of aryl methyl sites for hydroxylation is 1. The van der Waals surface area contributed by atoms with E-state index in [9.17, 15) is 17.6 Å². The summed E-state index contributed by atoms with van der Waals surface area (Å²) in [6, 6.07) is 12.5. The number of aromatic nitrogens is 1. The van der Waals surface area contributed by atoms with Crippen molar-refractivity contribution in [2.24, 2.45) is 0 Å². The van der Waals surface area contributed by atoms with Crippen molar-refractivity contribution in [3.05, 3.63) is 59.9 Å². The number of carbonyl (C=O) groups is 1. The smallest absolute Gasteiger partial charge is 0.243 e. The van der Waals surface area contributed by atoms with E-state index in [-0.39, 0.29) is 22.4 Å². The highest BCUT2D eigenvalue weighted by Gasteiger charge is 2.26. The van der Waals surface area contributed by atoms with Crippen molar-refractivity contribution in [1.29, 1.82) is 0 Å². The number of rotatable bonds is 6. The number of hydrogen-bond donors (Lipinski definition) is 1. The predicted octanol–water partition coefficient (Wildman–Crippen LogP) is 4.59. The van der Waals surface area contributed by atoms with E-state index in [1.807, 2.05) is 13.0 Å². The van der Waals surface area contributed by atoms with Gasteiger partial charge in [-0.3, -0.25) is 4.79 Å². The Morgan fingerprint density at radius 3 is 2.53 bits per heavy atom. The van der Waals surface area contributed by atoms with Crippen LogP contribution in [0.5, 0.6) is 0 Å². The molecule has 1 aromatic heterocycles. The number of fused-ring (bicyclic) bond motifs is 1. The van der Waals surface area contributed by atoms with Crippen LogP contribution in [0.25, 0.3) is 10.9 Å². The first kappa shape index (κ1) is 22.7. The van der Waals surface area contributed by atoms with E-state index in [1.54, 1.807) is 22.5 Å². The highest BCUT2D eigenvalue weighted by atomic mass is 32.2. The van der Waals surface area contributed by atoms with Crippen molar-refractivity contribution in [3.63, 3.8) is 0 Å². The van der Waals surface area contributed by atoms with Gasteiger partial charge >= 0.3 is 0 Å². The maximum Gasteiger partial charge on any atom is 0.243 e. The van der Waals surface area contributed by atoms with Crippen LogP contribution in [-0.2, 0) is 14.8 Å². The SMILES string of the molecule is Cc1cc(SCC(=O)Nc2ccc(F)cc2)nc2ccc(S(=O)(=O)N3CCCCC3)cc12. The zero-order chi connectivity index (χ0) is 22.7. The topological polar surface area (TPSA) is 79.4 Å². The largest absolute Gasteiger partial charge is 0.325 e. The maximum absolute atomic E-state index is 13.0. The van der Waals surface area contributed by atoms with E-state index in [2.05, 4.69) is 10.3 Å². The number of pyridine rings is 1. The van der Waals surface area contributed by atoms with Crippen molar-refractivity contribution in [2.75, 3.05) is 24.2 Å². The molecule has 0 saturated carbocycles. The van der Waals surface area contributed by atoms with Gasteiger partial charge in [-0.05, 0) is 73.9 Å². The number of nitrogens with one attached hydrogen (secondary N) is 1. The fraction of sp³-hybridized carbons (Fsp3) is 0.304. The Hall–Kier alpha value is -2.49. The molecule has 0 atom stereocenters. The molecule has 0 unspecified atom stereocenters. The third kappa shape index (κ3) is 5.11. The molecule has 6 nitrogen and oxygen atoms in total. The van der Waals surface area contributed by atoms with Gasteiger partial charge in [-0.25, -0.2) is 17.8 Å². The fourth-order valence-electron chi connectivity index (χ4n) is 3.70. The Kier molecular flexibility index (Phi) is 6.78. The first-order chi connectivity index (χ1) is 15.3. The highest BCUT2D eigenvalue weighted by Crippen LogP contribution is 2.28. The molecular formula is C23H24FN3O3S2. The van der Waals surface area contributed by atoms with Crippen LogP contribution in [0.2, 0.25) is 0 Å². The molecule has 0 radical (unpaired) electrons. The van der Waals surface area contributed by atoms with Gasteiger partial charge in [0.05, 0.1) is 21.2 Å². The van der Waals surface area contributed by atoms with Crippen molar-refractivity contribution in [2.45, 2.75) is 36.1 Å². The van der Waals surface area contributed by atoms with Gasteiger partial charge in [0.2, 0.25) is 15.9 Å². The van der Waals surface area contributed by atoms with E-state index in [4.69, 9.17) is 0 Å². The Bertz CT molecular complexity index is 1240. The zero-order valence-electron chi connectivity index (χ0n) is 17.7. The standard InChI is InChI=1S/C23H24FN3O3S2/c1-16-13-23(31-15-22(28)25-18-7-5-17(24)6-8-18)26-21-10-9-19(14-20(16)21)32(29,30)27-11-3-2-4-12-27/h5-10,13-14H,2-4,11-12,15H2,1H3,(H,25,28). The van der Waals surface area contributed by atoms with E-state index in [0.29, 0.717) is 29.3 Å². The number of halogens is 1. The molecule has 168 valence electrons. The lowest BCUT2D eigenvalue weighted by atomic mass is 10.1. The summed E-state index contributed by atoms with van der Waals surface area (Å²) in [4.78, 5) is 17.1. The number of sulfonamides is 1. The lowest BCUT2D eigenvalue weighted by Gasteiger charge is -2.26. The van der Waals surface area contributed by atoms with Crippen molar-refractivity contribution < 1.29 is 17.6 Å². The van der Waals surface area contributed by atoms with Gasteiger partial charge < -0.3 is 5.32 Å². The summed E-state index contributed by atoms with van der Waals surface area (Å²) in [5.74, 6) is -0.430. The monoisotopic (exact) mass is 473 g/mol. The second kappa shape index (κ2) is 9.56. The molecule has 2 aromatic carbocycles. The van der Waals surface area contributed by atoms with E-state index < -0.39 is 10.0 Å². The van der Waals surface area contributed by atoms with Crippen molar-refractivity contribution in [3.8, 4) is 0 Å². The number of nitrogens with zero attached hydrogens (tertiary/aromatic N) is 2. The van der Waals surface area contributed by atoms with Crippen LogP contribution in [0.1, 0.15) is 24.8 Å². The normalized spacial score (nSPS) is 15.1. The quantitative estimate of drug-likeness (QED) is 0.530. The Labute approximate surface area is 191 Å². The van der Waals surface area contributed by atoms with Crippen LogP contribution in [-0.4, -0.2) is 42.5 Å². The maximum atomic E-state index is 13.0. The number of hydrogen-bond acceptors (Lipinski definition) is 5. The lowest BCUT2D eigenvalue weighted by Crippen LogP contribution is -2.35. The van der Waals surface area contributed by atoms with Crippen molar-refractivity contribution >= 4 is 44.3 Å². The number of amides is 1. The molecule has 3 aromatic rings. The Morgan fingerprint density at radius 2 is 1.81 bits per heavy atom. The summed E-state index contributed by atoms with van der Waals surface area (Å²) in [5, 5.41) is 4.18. The Balaban J connectivity index is 1.48. The molecule has 0 aliphatic carbocycles. The van der Waals surface area contributed by atoms with Crippen LogP contribution in [0.4, 0.5) is 10.1 Å². The van der Waals surface area contributed by atoms with Gasteiger partial charge in [0.15, 0.2) is 0 Å². The molecule has 0 bridgehead atoms. The summed E-state index contributed by atoms with van der Waals surface area (Å²) >= 11 is 1.29. The highest BCUT2D eigenvalue weighted by molar-refractivity contribution is 7.99. The molecule has 32 heavy (non-hydrogen) atoms. The third-order valence-corrected chi connectivity index (χ3v) is 8.20. The number of thioether (sulfide) groups is 1. The molecule has 1 aliphatic heterocycles. The van der Waals surface area contributed by atoms with E-state index in [1.165, 1.54) is 36.0 Å². The van der Waals surface area contributed by atoms with Gasteiger partial charge in [0.1, 0.15) is 5.82 Å². The van der Waals surface area contributed by atoms with Crippen LogP contribution < -0.4 is 5.32 Å². The number of piperidine rings is 1. The minimum Gasteiger partial charge on any atom is -0.325 e. The molecule has 1 aliphatic rings. The summed E-state index contributed by atoms with van der Waals surface area (Å²) in [5.41, 5.74) is 2.11. The van der Waals surface area contributed by atoms with Gasteiger partial charge in [-0.1, -0.05) is 18.2 Å².